The molecule has 0 saturated carbocycles. The Bertz CT molecular complexity index is 899. The number of halogens is 2. The van der Waals surface area contributed by atoms with Crippen LogP contribution in [0.3, 0.4) is 0 Å². The number of aromatic nitrogens is 2. The lowest BCUT2D eigenvalue weighted by Gasteiger charge is -2.18. The van der Waals surface area contributed by atoms with Crippen LogP contribution in [-0.4, -0.2) is 21.4 Å². The lowest BCUT2D eigenvalue weighted by Crippen LogP contribution is -2.33. The molecule has 9 heteroatoms. The zero-order chi connectivity index (χ0) is 18.7. The summed E-state index contributed by atoms with van der Waals surface area (Å²) in [5, 5.41) is 11.7. The summed E-state index contributed by atoms with van der Waals surface area (Å²) in [6.07, 6.45) is 1.52. The Morgan fingerprint density at radius 2 is 2.04 bits per heavy atom. The fourth-order valence-electron chi connectivity index (χ4n) is 2.22. The molecule has 6 nitrogen and oxygen atoms in total. The molecule has 0 fully saturated rings. The molecule has 0 saturated heterocycles. The summed E-state index contributed by atoms with van der Waals surface area (Å²) in [6, 6.07) is 8.35. The highest BCUT2D eigenvalue weighted by Crippen LogP contribution is 2.28. The van der Waals surface area contributed by atoms with E-state index in [4.69, 9.17) is 32.0 Å². The first kappa shape index (κ1) is 18.8. The summed E-state index contributed by atoms with van der Waals surface area (Å²) in [5.41, 5.74) is 0.791. The minimum absolute atomic E-state index is 0.175. The summed E-state index contributed by atoms with van der Waals surface area (Å²) in [6.45, 7) is 3.61. The summed E-state index contributed by atoms with van der Waals surface area (Å²) in [4.78, 5) is 12.4. The number of thioether (sulfide) groups is 1. The van der Waals surface area contributed by atoms with Gasteiger partial charge in [-0.15, -0.1) is 10.2 Å². The molecule has 0 aliphatic carbocycles. The topological polar surface area (TPSA) is 81.2 Å². The number of hydrogen-bond acceptors (Lipinski definition) is 6. The van der Waals surface area contributed by atoms with E-state index in [1.54, 1.807) is 37.3 Å². The van der Waals surface area contributed by atoms with Gasteiger partial charge in [0.25, 0.3) is 11.1 Å². The van der Waals surface area contributed by atoms with Crippen LogP contribution in [0.2, 0.25) is 10.0 Å². The minimum atomic E-state index is -0.437. The van der Waals surface area contributed by atoms with E-state index in [0.717, 1.165) is 5.56 Å². The van der Waals surface area contributed by atoms with Crippen molar-refractivity contribution in [2.75, 3.05) is 0 Å². The quantitative estimate of drug-likeness (QED) is 0.575. The Hall–Kier alpha value is -1.96. The maximum atomic E-state index is 12.4. The second-order valence-electron chi connectivity index (χ2n) is 5.51. The lowest BCUT2D eigenvalue weighted by molar-refractivity contribution is -0.120. The highest BCUT2D eigenvalue weighted by Gasteiger charge is 2.22. The number of hydrogen-bond donors (Lipinski definition) is 1. The molecular formula is C17H15Cl2N3O3S. The molecule has 0 spiro atoms. The van der Waals surface area contributed by atoms with Crippen LogP contribution in [0, 0.1) is 0 Å². The molecule has 0 unspecified atom stereocenters. The van der Waals surface area contributed by atoms with Crippen LogP contribution in [0.1, 0.15) is 25.5 Å². The van der Waals surface area contributed by atoms with Crippen LogP contribution in [0.5, 0.6) is 0 Å². The highest BCUT2D eigenvalue weighted by molar-refractivity contribution is 8.00. The standard InChI is InChI=1S/C17H15Cl2N3O3S/c1-9(12-6-5-11(18)8-13(12)19)20-15(23)10(2)26-17-22-21-16(25-17)14-4-3-7-24-14/h3-10H,1-2H3,(H,20,23)/t9-,10+/m0/s1. The minimum Gasteiger partial charge on any atom is -0.459 e. The largest absolute Gasteiger partial charge is 0.459 e. The van der Waals surface area contributed by atoms with E-state index >= 15 is 0 Å². The molecular weight excluding hydrogens is 397 g/mol. The van der Waals surface area contributed by atoms with Crippen molar-refractivity contribution in [1.82, 2.24) is 15.5 Å². The van der Waals surface area contributed by atoms with Gasteiger partial charge in [0.1, 0.15) is 0 Å². The van der Waals surface area contributed by atoms with Crippen molar-refractivity contribution in [3.05, 3.63) is 52.2 Å². The first-order chi connectivity index (χ1) is 12.4. The number of amides is 1. The predicted octanol–water partition coefficient (Wildman–Crippen LogP) is 4.99. The Labute approximate surface area is 164 Å². The molecule has 2 atom stereocenters. The molecule has 0 radical (unpaired) electrons. The molecule has 2 heterocycles. The average Bonchev–Trinajstić information content (AvgIpc) is 3.25. The highest BCUT2D eigenvalue weighted by atomic mass is 35.5. The molecule has 3 aromatic rings. The maximum Gasteiger partial charge on any atom is 0.284 e. The van der Waals surface area contributed by atoms with Crippen molar-refractivity contribution >= 4 is 40.9 Å². The monoisotopic (exact) mass is 411 g/mol. The molecule has 1 N–H and O–H groups in total. The van der Waals surface area contributed by atoms with E-state index in [0.29, 0.717) is 15.8 Å². The normalized spacial score (nSPS) is 13.4. The SMILES string of the molecule is C[C@H](NC(=O)[C@@H](C)Sc1nnc(-c2ccco2)o1)c1ccc(Cl)cc1Cl. The molecule has 0 aliphatic heterocycles. The van der Waals surface area contributed by atoms with Gasteiger partial charge in [0.05, 0.1) is 17.6 Å². The third kappa shape index (κ3) is 4.41. The van der Waals surface area contributed by atoms with Gasteiger partial charge in [0, 0.05) is 10.0 Å². The van der Waals surface area contributed by atoms with Crippen LogP contribution < -0.4 is 5.32 Å². The number of rotatable bonds is 6. The van der Waals surface area contributed by atoms with E-state index in [1.807, 2.05) is 6.92 Å². The van der Waals surface area contributed by atoms with Crippen molar-refractivity contribution in [3.8, 4) is 11.7 Å². The van der Waals surface area contributed by atoms with Crippen molar-refractivity contribution in [2.45, 2.75) is 30.4 Å². The number of nitrogens with one attached hydrogen (secondary N) is 1. The third-order valence-corrected chi connectivity index (χ3v) is 5.07. The van der Waals surface area contributed by atoms with Crippen LogP contribution >= 0.6 is 35.0 Å². The number of carbonyl (C=O) groups excluding carboxylic acids is 1. The average molecular weight is 412 g/mol. The Kier molecular flexibility index (Phi) is 5.90. The van der Waals surface area contributed by atoms with Gasteiger partial charge in [-0.1, -0.05) is 41.0 Å². The van der Waals surface area contributed by atoms with Gasteiger partial charge in [0.15, 0.2) is 5.76 Å². The van der Waals surface area contributed by atoms with Gasteiger partial charge in [-0.3, -0.25) is 4.79 Å². The Balaban J connectivity index is 1.61. The smallest absolute Gasteiger partial charge is 0.284 e. The van der Waals surface area contributed by atoms with Crippen molar-refractivity contribution in [2.24, 2.45) is 0 Å². The second-order valence-corrected chi connectivity index (χ2v) is 7.64. The van der Waals surface area contributed by atoms with Crippen LogP contribution in [-0.2, 0) is 4.79 Å². The van der Waals surface area contributed by atoms with E-state index in [-0.39, 0.29) is 23.1 Å². The van der Waals surface area contributed by atoms with Gasteiger partial charge in [-0.25, -0.2) is 0 Å². The van der Waals surface area contributed by atoms with Crippen molar-refractivity contribution in [1.29, 1.82) is 0 Å². The van der Waals surface area contributed by atoms with Gasteiger partial charge in [0.2, 0.25) is 5.91 Å². The molecule has 0 bridgehead atoms. The Morgan fingerprint density at radius 3 is 2.73 bits per heavy atom. The zero-order valence-corrected chi connectivity index (χ0v) is 16.2. The van der Waals surface area contributed by atoms with Gasteiger partial charge in [-0.2, -0.15) is 0 Å². The van der Waals surface area contributed by atoms with Crippen molar-refractivity contribution in [3.63, 3.8) is 0 Å². The summed E-state index contributed by atoms with van der Waals surface area (Å²) < 4.78 is 10.7. The number of benzene rings is 1. The van der Waals surface area contributed by atoms with Crippen LogP contribution in [0.25, 0.3) is 11.7 Å². The van der Waals surface area contributed by atoms with Crippen LogP contribution in [0.15, 0.2) is 50.7 Å². The third-order valence-electron chi connectivity index (χ3n) is 3.57. The first-order valence-electron chi connectivity index (χ1n) is 7.73. The van der Waals surface area contributed by atoms with E-state index in [2.05, 4.69) is 15.5 Å². The molecule has 1 amide bonds. The Morgan fingerprint density at radius 1 is 1.23 bits per heavy atom. The number of nitrogens with zero attached hydrogens (tertiary/aromatic N) is 2. The molecule has 136 valence electrons. The van der Waals surface area contributed by atoms with E-state index in [1.165, 1.54) is 18.0 Å². The molecule has 26 heavy (non-hydrogen) atoms. The number of carbonyl (C=O) groups is 1. The second kappa shape index (κ2) is 8.16. The fraction of sp³-hybridized carbons (Fsp3) is 0.235. The molecule has 1 aromatic carbocycles. The molecule has 2 aromatic heterocycles. The molecule has 3 rings (SSSR count). The predicted molar refractivity (Wildman–Crippen MR) is 100 cm³/mol. The van der Waals surface area contributed by atoms with Gasteiger partial charge >= 0.3 is 0 Å². The van der Waals surface area contributed by atoms with E-state index in [9.17, 15) is 4.79 Å². The summed E-state index contributed by atoms with van der Waals surface area (Å²) >= 11 is 13.3. The maximum absolute atomic E-state index is 12.4. The number of furan rings is 1. The van der Waals surface area contributed by atoms with Gasteiger partial charge < -0.3 is 14.2 Å². The van der Waals surface area contributed by atoms with Crippen LogP contribution in [0.4, 0.5) is 0 Å². The van der Waals surface area contributed by atoms with E-state index < -0.39 is 5.25 Å². The summed E-state index contributed by atoms with van der Waals surface area (Å²) in [5.74, 6) is 0.574. The molecule has 0 aliphatic rings. The zero-order valence-electron chi connectivity index (χ0n) is 13.9. The van der Waals surface area contributed by atoms with Gasteiger partial charge in [-0.05, 0) is 43.7 Å². The summed E-state index contributed by atoms with van der Waals surface area (Å²) in [7, 11) is 0. The first-order valence-corrected chi connectivity index (χ1v) is 9.37. The fourth-order valence-corrected chi connectivity index (χ4v) is 3.49. The lowest BCUT2D eigenvalue weighted by atomic mass is 10.1. The van der Waals surface area contributed by atoms with Crippen molar-refractivity contribution < 1.29 is 13.6 Å².